The summed E-state index contributed by atoms with van der Waals surface area (Å²) in [6, 6.07) is 17.3. The lowest BCUT2D eigenvalue weighted by molar-refractivity contribution is -0.385. The Balaban J connectivity index is 1.82. The average Bonchev–Trinajstić information content (AvgIpc) is 2.79. The van der Waals surface area contributed by atoms with E-state index in [1.807, 2.05) is 0 Å². The first-order chi connectivity index (χ1) is 15.8. The Hall–Kier alpha value is -4.31. The first-order valence-corrected chi connectivity index (χ1v) is 9.85. The van der Waals surface area contributed by atoms with Gasteiger partial charge in [-0.15, -0.1) is 0 Å². The van der Waals surface area contributed by atoms with Gasteiger partial charge in [0.15, 0.2) is 0 Å². The molecule has 0 spiro atoms. The first kappa shape index (κ1) is 23.4. The van der Waals surface area contributed by atoms with Crippen LogP contribution in [0.25, 0.3) is 0 Å². The van der Waals surface area contributed by atoms with E-state index in [1.165, 1.54) is 30.3 Å². The van der Waals surface area contributed by atoms with E-state index in [-0.39, 0.29) is 27.6 Å². The van der Waals surface area contributed by atoms with Gasteiger partial charge < -0.3 is 10.1 Å². The number of nitrogens with one attached hydrogen (secondary N) is 1. The fourth-order valence-electron chi connectivity index (χ4n) is 2.99. The molecule has 0 radical (unpaired) electrons. The Morgan fingerprint density at radius 3 is 2.24 bits per heavy atom. The van der Waals surface area contributed by atoms with Crippen molar-refractivity contribution in [1.29, 1.82) is 0 Å². The van der Waals surface area contributed by atoms with Crippen molar-refractivity contribution in [2.24, 2.45) is 0 Å². The van der Waals surface area contributed by atoms with Gasteiger partial charge in [-0.25, -0.2) is 0 Å². The second-order valence-corrected chi connectivity index (χ2v) is 7.16. The summed E-state index contributed by atoms with van der Waals surface area (Å²) in [6.45, 7) is 0. The first-order valence-electron chi connectivity index (χ1n) is 9.48. The molecule has 0 saturated carbocycles. The average molecular weight is 470 g/mol. The van der Waals surface area contributed by atoms with E-state index in [2.05, 4.69) is 5.32 Å². The largest absolute Gasteiger partial charge is 0.447 e. The Labute approximate surface area is 192 Å². The van der Waals surface area contributed by atoms with Crippen LogP contribution < -0.4 is 5.32 Å². The van der Waals surface area contributed by atoms with Gasteiger partial charge in [0.25, 0.3) is 17.3 Å². The molecule has 1 amide bonds. The van der Waals surface area contributed by atoms with Gasteiger partial charge in [0.05, 0.1) is 27.0 Å². The predicted molar refractivity (Wildman–Crippen MR) is 119 cm³/mol. The number of nitrogens with zero attached hydrogens (tertiary/aromatic N) is 2. The molecule has 0 aliphatic carbocycles. The molecule has 0 heterocycles. The maximum Gasteiger partial charge on any atom is 0.311 e. The zero-order chi connectivity index (χ0) is 24.0. The lowest BCUT2D eigenvalue weighted by Gasteiger charge is -2.18. The number of esters is 1. The maximum absolute atomic E-state index is 13.0. The Kier molecular flexibility index (Phi) is 7.31. The summed E-state index contributed by atoms with van der Waals surface area (Å²) < 4.78 is 5.39. The van der Waals surface area contributed by atoms with Crippen molar-refractivity contribution in [2.75, 3.05) is 5.32 Å². The van der Waals surface area contributed by atoms with Gasteiger partial charge in [-0.1, -0.05) is 60.1 Å². The molecule has 168 valence electrons. The third-order valence-electron chi connectivity index (χ3n) is 4.53. The van der Waals surface area contributed by atoms with E-state index >= 15 is 0 Å². The second-order valence-electron chi connectivity index (χ2n) is 6.75. The summed E-state index contributed by atoms with van der Waals surface area (Å²) in [6.07, 6.45) is -1.82. The molecule has 1 atom stereocenters. The molecular formula is C22H16ClN3O7. The normalized spacial score (nSPS) is 11.3. The number of carbonyl (C=O) groups is 2. The highest BCUT2D eigenvalue weighted by molar-refractivity contribution is 6.34. The number of para-hydroxylation sites is 1. The quantitative estimate of drug-likeness (QED) is 0.288. The standard InChI is InChI=1S/C22H16ClN3O7/c23-17-13-16(25(29)30)10-11-18(17)24-22(28)21(14-6-2-1-3-7-14)33-20(27)12-15-8-4-5-9-19(15)26(31)32/h1-11,13,21H,12H2,(H,24,28). The number of halogens is 1. The minimum atomic E-state index is -1.40. The Morgan fingerprint density at radius 2 is 1.61 bits per heavy atom. The smallest absolute Gasteiger partial charge is 0.311 e. The molecule has 3 aromatic rings. The van der Waals surface area contributed by atoms with Crippen LogP contribution >= 0.6 is 11.6 Å². The van der Waals surface area contributed by atoms with Crippen molar-refractivity contribution in [3.05, 3.63) is 109 Å². The van der Waals surface area contributed by atoms with E-state index in [9.17, 15) is 29.8 Å². The zero-order valence-corrected chi connectivity index (χ0v) is 17.6. The monoisotopic (exact) mass is 469 g/mol. The summed E-state index contributed by atoms with van der Waals surface area (Å²) in [5.74, 6) is -1.61. The van der Waals surface area contributed by atoms with Crippen LogP contribution in [-0.4, -0.2) is 21.7 Å². The van der Waals surface area contributed by atoms with Crippen LogP contribution in [0.5, 0.6) is 0 Å². The van der Waals surface area contributed by atoms with Crippen molar-refractivity contribution in [1.82, 2.24) is 0 Å². The topological polar surface area (TPSA) is 142 Å². The molecule has 1 N–H and O–H groups in total. The SMILES string of the molecule is O=C(Cc1ccccc1[N+](=O)[O-])OC(C(=O)Nc1ccc([N+](=O)[O-])cc1Cl)c1ccccc1. The maximum atomic E-state index is 13.0. The van der Waals surface area contributed by atoms with Crippen molar-refractivity contribution in [3.8, 4) is 0 Å². The van der Waals surface area contributed by atoms with Gasteiger partial charge in [0.2, 0.25) is 6.10 Å². The number of hydrogen-bond acceptors (Lipinski definition) is 7. The summed E-state index contributed by atoms with van der Waals surface area (Å²) in [7, 11) is 0. The highest BCUT2D eigenvalue weighted by atomic mass is 35.5. The van der Waals surface area contributed by atoms with Crippen LogP contribution in [0.3, 0.4) is 0 Å². The fourth-order valence-corrected chi connectivity index (χ4v) is 3.21. The highest BCUT2D eigenvalue weighted by Crippen LogP contribution is 2.29. The van der Waals surface area contributed by atoms with Crippen molar-refractivity contribution in [2.45, 2.75) is 12.5 Å². The molecule has 10 nitrogen and oxygen atoms in total. The number of carbonyl (C=O) groups excluding carboxylic acids is 2. The van der Waals surface area contributed by atoms with Crippen LogP contribution in [-0.2, 0) is 20.7 Å². The number of non-ortho nitro benzene ring substituents is 1. The molecule has 3 aromatic carbocycles. The lowest BCUT2D eigenvalue weighted by atomic mass is 10.1. The van der Waals surface area contributed by atoms with Gasteiger partial charge in [0, 0.05) is 29.3 Å². The van der Waals surface area contributed by atoms with E-state index in [0.29, 0.717) is 5.56 Å². The van der Waals surface area contributed by atoms with Gasteiger partial charge >= 0.3 is 5.97 Å². The van der Waals surface area contributed by atoms with Crippen LogP contribution in [0.1, 0.15) is 17.2 Å². The van der Waals surface area contributed by atoms with Crippen molar-refractivity contribution in [3.63, 3.8) is 0 Å². The third kappa shape index (κ3) is 5.89. The summed E-state index contributed by atoms with van der Waals surface area (Å²) >= 11 is 6.04. The van der Waals surface area contributed by atoms with Gasteiger partial charge in [-0.05, 0) is 6.07 Å². The molecule has 0 saturated heterocycles. The summed E-state index contributed by atoms with van der Waals surface area (Å²) in [4.78, 5) is 46.4. The number of nitro benzene ring substituents is 2. The van der Waals surface area contributed by atoms with Crippen LogP contribution in [0.2, 0.25) is 5.02 Å². The fraction of sp³-hybridized carbons (Fsp3) is 0.0909. The number of amides is 1. The molecule has 11 heteroatoms. The molecule has 0 aromatic heterocycles. The van der Waals surface area contributed by atoms with Crippen LogP contribution in [0.4, 0.5) is 17.1 Å². The zero-order valence-electron chi connectivity index (χ0n) is 16.8. The number of rotatable bonds is 8. The third-order valence-corrected chi connectivity index (χ3v) is 4.85. The van der Waals surface area contributed by atoms with Crippen molar-refractivity contribution >= 4 is 40.5 Å². The Bertz CT molecular complexity index is 1220. The minimum Gasteiger partial charge on any atom is -0.447 e. The summed E-state index contributed by atoms with van der Waals surface area (Å²) in [5, 5.41) is 24.5. The van der Waals surface area contributed by atoms with Gasteiger partial charge in [-0.2, -0.15) is 0 Å². The van der Waals surface area contributed by atoms with Crippen LogP contribution in [0.15, 0.2) is 72.8 Å². The molecular weight excluding hydrogens is 454 g/mol. The number of benzene rings is 3. The number of nitro groups is 2. The minimum absolute atomic E-state index is 0.0735. The predicted octanol–water partition coefficient (Wildman–Crippen LogP) is 4.62. The van der Waals surface area contributed by atoms with E-state index < -0.39 is 34.2 Å². The molecule has 0 bridgehead atoms. The van der Waals surface area contributed by atoms with Gasteiger partial charge in [0.1, 0.15) is 0 Å². The molecule has 0 aliphatic heterocycles. The van der Waals surface area contributed by atoms with E-state index in [0.717, 1.165) is 6.07 Å². The number of hydrogen-bond donors (Lipinski definition) is 1. The molecule has 1 unspecified atom stereocenters. The van der Waals surface area contributed by atoms with E-state index in [1.54, 1.807) is 36.4 Å². The lowest BCUT2D eigenvalue weighted by Crippen LogP contribution is -2.26. The number of anilines is 1. The van der Waals surface area contributed by atoms with Gasteiger partial charge in [-0.3, -0.25) is 29.8 Å². The molecule has 0 fully saturated rings. The molecule has 33 heavy (non-hydrogen) atoms. The van der Waals surface area contributed by atoms with Crippen LogP contribution in [0, 0.1) is 20.2 Å². The Morgan fingerprint density at radius 1 is 0.939 bits per heavy atom. The van der Waals surface area contributed by atoms with Crippen molar-refractivity contribution < 1.29 is 24.2 Å². The second kappa shape index (κ2) is 10.3. The molecule has 3 rings (SSSR count). The summed E-state index contributed by atoms with van der Waals surface area (Å²) in [5.41, 5.74) is 0.0753. The molecule has 0 aliphatic rings. The number of ether oxygens (including phenoxy) is 1. The highest BCUT2D eigenvalue weighted by Gasteiger charge is 2.27. The van der Waals surface area contributed by atoms with E-state index in [4.69, 9.17) is 16.3 Å².